The number of hydrogen-bond acceptors (Lipinski definition) is 5. The molecular formula is C29H27F6N5O2. The molecule has 0 aliphatic carbocycles. The van der Waals surface area contributed by atoms with Crippen LogP contribution in [0.15, 0.2) is 85.3 Å². The summed E-state index contributed by atoms with van der Waals surface area (Å²) >= 11 is 0. The number of nitrogens with one attached hydrogen (secondary N) is 2. The molecule has 0 aliphatic heterocycles. The average molecular weight is 592 g/mol. The second kappa shape index (κ2) is 13.1. The Kier molecular flexibility index (Phi) is 9.51. The monoisotopic (exact) mass is 591 g/mol. The molecule has 0 radical (unpaired) electrons. The van der Waals surface area contributed by atoms with E-state index in [1.807, 2.05) is 30.3 Å². The Balaban J connectivity index is 1.54. The van der Waals surface area contributed by atoms with Crippen LogP contribution in [0.1, 0.15) is 53.6 Å². The van der Waals surface area contributed by atoms with Crippen molar-refractivity contribution >= 4 is 11.7 Å². The maximum Gasteiger partial charge on any atom is 0.419 e. The SMILES string of the molecule is O=C(O)CCNC(c1ccccc1)c1ccc(C(CCC(F)(F)F)Nc2ccc(-n3cc(C(F)(F)F)cn3)nc2)cc1. The fraction of sp³-hybridized carbons (Fsp3) is 0.276. The van der Waals surface area contributed by atoms with E-state index in [2.05, 4.69) is 20.7 Å². The van der Waals surface area contributed by atoms with E-state index in [9.17, 15) is 31.1 Å². The molecule has 0 fully saturated rings. The molecule has 0 spiro atoms. The van der Waals surface area contributed by atoms with Crippen LogP contribution in [-0.2, 0) is 11.0 Å². The fourth-order valence-electron chi connectivity index (χ4n) is 4.35. The molecule has 222 valence electrons. The summed E-state index contributed by atoms with van der Waals surface area (Å²) in [5.41, 5.74) is 1.71. The highest BCUT2D eigenvalue weighted by Crippen LogP contribution is 2.32. The number of benzene rings is 2. The van der Waals surface area contributed by atoms with Gasteiger partial charge in [0.25, 0.3) is 0 Å². The molecule has 2 unspecified atom stereocenters. The highest BCUT2D eigenvalue weighted by atomic mass is 19.4. The van der Waals surface area contributed by atoms with Gasteiger partial charge in [0.2, 0.25) is 0 Å². The molecule has 2 atom stereocenters. The Morgan fingerprint density at radius 2 is 1.55 bits per heavy atom. The Morgan fingerprint density at radius 3 is 2.12 bits per heavy atom. The number of aromatic nitrogens is 3. The number of alkyl halides is 6. The zero-order valence-corrected chi connectivity index (χ0v) is 22.0. The third-order valence-electron chi connectivity index (χ3n) is 6.44. The van der Waals surface area contributed by atoms with Crippen LogP contribution in [-0.4, -0.2) is 38.6 Å². The third kappa shape index (κ3) is 8.56. The van der Waals surface area contributed by atoms with E-state index >= 15 is 0 Å². The zero-order valence-electron chi connectivity index (χ0n) is 22.0. The molecule has 3 N–H and O–H groups in total. The molecule has 13 heteroatoms. The fourth-order valence-corrected chi connectivity index (χ4v) is 4.35. The summed E-state index contributed by atoms with van der Waals surface area (Å²) in [6.07, 6.45) is -7.57. The molecule has 0 saturated carbocycles. The summed E-state index contributed by atoms with van der Waals surface area (Å²) in [6.45, 7) is 0.214. The van der Waals surface area contributed by atoms with Crippen molar-refractivity contribution in [2.24, 2.45) is 0 Å². The molecular weight excluding hydrogens is 564 g/mol. The van der Waals surface area contributed by atoms with Crippen LogP contribution in [0.3, 0.4) is 0 Å². The molecule has 0 saturated heterocycles. The van der Waals surface area contributed by atoms with E-state index < -0.39 is 36.3 Å². The van der Waals surface area contributed by atoms with E-state index in [4.69, 9.17) is 5.11 Å². The largest absolute Gasteiger partial charge is 0.481 e. The molecule has 2 heterocycles. The number of pyridine rings is 1. The van der Waals surface area contributed by atoms with Gasteiger partial charge in [0.05, 0.1) is 42.1 Å². The number of anilines is 1. The van der Waals surface area contributed by atoms with E-state index in [-0.39, 0.29) is 31.2 Å². The summed E-state index contributed by atoms with van der Waals surface area (Å²) < 4.78 is 79.1. The first-order chi connectivity index (χ1) is 19.9. The van der Waals surface area contributed by atoms with Gasteiger partial charge in [0.15, 0.2) is 5.82 Å². The van der Waals surface area contributed by atoms with Gasteiger partial charge in [0, 0.05) is 19.2 Å². The van der Waals surface area contributed by atoms with Gasteiger partial charge in [-0.05, 0) is 35.2 Å². The summed E-state index contributed by atoms with van der Waals surface area (Å²) in [6, 6.07) is 18.1. The first kappa shape index (κ1) is 30.6. The quantitative estimate of drug-likeness (QED) is 0.155. The smallest absolute Gasteiger partial charge is 0.419 e. The van der Waals surface area contributed by atoms with Crippen LogP contribution >= 0.6 is 0 Å². The van der Waals surface area contributed by atoms with Crippen LogP contribution in [0.5, 0.6) is 0 Å². The van der Waals surface area contributed by atoms with Gasteiger partial charge in [-0.15, -0.1) is 0 Å². The van der Waals surface area contributed by atoms with Crippen molar-refractivity contribution in [3.63, 3.8) is 0 Å². The van der Waals surface area contributed by atoms with E-state index in [1.54, 1.807) is 24.3 Å². The first-order valence-corrected chi connectivity index (χ1v) is 12.9. The molecule has 7 nitrogen and oxygen atoms in total. The third-order valence-corrected chi connectivity index (χ3v) is 6.44. The molecule has 4 rings (SSSR count). The minimum atomic E-state index is -4.56. The van der Waals surface area contributed by atoms with Crippen molar-refractivity contribution in [3.8, 4) is 5.82 Å². The van der Waals surface area contributed by atoms with Crippen molar-refractivity contribution in [2.45, 2.75) is 43.7 Å². The van der Waals surface area contributed by atoms with E-state index in [1.165, 1.54) is 18.3 Å². The number of halogens is 6. The van der Waals surface area contributed by atoms with Crippen LogP contribution in [0, 0.1) is 0 Å². The Morgan fingerprint density at radius 1 is 0.881 bits per heavy atom. The lowest BCUT2D eigenvalue weighted by Crippen LogP contribution is -2.25. The number of hydrogen-bond donors (Lipinski definition) is 3. The lowest BCUT2D eigenvalue weighted by molar-refractivity contribution is -0.138. The maximum atomic E-state index is 13.1. The number of carbonyl (C=O) groups is 1. The average Bonchev–Trinajstić information content (AvgIpc) is 3.45. The predicted molar refractivity (Wildman–Crippen MR) is 143 cm³/mol. The number of aliphatic carboxylic acids is 1. The van der Waals surface area contributed by atoms with Crippen LogP contribution in [0.25, 0.3) is 5.82 Å². The second-order valence-corrected chi connectivity index (χ2v) is 9.54. The Hall–Kier alpha value is -4.39. The van der Waals surface area contributed by atoms with Crippen molar-refractivity contribution in [1.82, 2.24) is 20.1 Å². The first-order valence-electron chi connectivity index (χ1n) is 12.9. The highest BCUT2D eigenvalue weighted by molar-refractivity contribution is 5.66. The van der Waals surface area contributed by atoms with E-state index in [0.717, 1.165) is 22.0 Å². The molecule has 2 aromatic carbocycles. The van der Waals surface area contributed by atoms with Crippen LogP contribution in [0.4, 0.5) is 32.0 Å². The molecule has 2 aromatic heterocycles. The minimum Gasteiger partial charge on any atom is -0.481 e. The number of carboxylic acid groups (broad SMARTS) is 1. The van der Waals surface area contributed by atoms with Gasteiger partial charge < -0.3 is 15.7 Å². The van der Waals surface area contributed by atoms with E-state index in [0.29, 0.717) is 17.4 Å². The van der Waals surface area contributed by atoms with Crippen molar-refractivity contribution in [1.29, 1.82) is 0 Å². The summed E-state index contributed by atoms with van der Waals surface area (Å²) in [5.74, 6) is -0.837. The summed E-state index contributed by atoms with van der Waals surface area (Å²) in [4.78, 5) is 15.1. The summed E-state index contributed by atoms with van der Waals surface area (Å²) in [5, 5.41) is 19.0. The molecule has 0 bridgehead atoms. The highest BCUT2D eigenvalue weighted by Gasteiger charge is 2.32. The predicted octanol–water partition coefficient (Wildman–Crippen LogP) is 6.94. The van der Waals surface area contributed by atoms with Gasteiger partial charge in [0.1, 0.15) is 0 Å². The molecule has 4 aromatic rings. The Bertz CT molecular complexity index is 1440. The minimum absolute atomic E-state index is 0.0818. The summed E-state index contributed by atoms with van der Waals surface area (Å²) in [7, 11) is 0. The van der Waals surface area contributed by atoms with Gasteiger partial charge in [-0.3, -0.25) is 4.79 Å². The number of rotatable bonds is 12. The second-order valence-electron chi connectivity index (χ2n) is 9.54. The van der Waals surface area contributed by atoms with Crippen LogP contribution < -0.4 is 10.6 Å². The zero-order chi connectivity index (χ0) is 30.3. The molecule has 42 heavy (non-hydrogen) atoms. The van der Waals surface area contributed by atoms with Crippen LogP contribution in [0.2, 0.25) is 0 Å². The normalized spacial score (nSPS) is 13.5. The topological polar surface area (TPSA) is 92.1 Å². The van der Waals surface area contributed by atoms with Gasteiger partial charge >= 0.3 is 18.3 Å². The lowest BCUT2D eigenvalue weighted by Gasteiger charge is -2.23. The van der Waals surface area contributed by atoms with Crippen molar-refractivity contribution < 1.29 is 36.2 Å². The number of nitrogens with zero attached hydrogens (tertiary/aromatic N) is 3. The lowest BCUT2D eigenvalue weighted by atomic mass is 9.94. The van der Waals surface area contributed by atoms with Crippen molar-refractivity contribution in [3.05, 3.63) is 108 Å². The molecule has 0 amide bonds. The van der Waals surface area contributed by atoms with Gasteiger partial charge in [-0.25, -0.2) is 9.67 Å². The van der Waals surface area contributed by atoms with Crippen molar-refractivity contribution in [2.75, 3.05) is 11.9 Å². The van der Waals surface area contributed by atoms with Gasteiger partial charge in [-0.2, -0.15) is 31.4 Å². The molecule has 0 aliphatic rings. The Labute approximate surface area is 237 Å². The number of carboxylic acids is 1. The van der Waals surface area contributed by atoms with Gasteiger partial charge in [-0.1, -0.05) is 54.6 Å². The standard InChI is InChI=1S/C29H27F6N5O2/c30-28(31,32)14-12-24(39-23-10-11-25(37-17-23)40-18-22(16-38-40)29(33,34)35)19-6-8-21(9-7-19)27(36-15-13-26(41)42)20-4-2-1-3-5-20/h1-11,16-18,24,27,36,39H,12-15H2,(H,41,42). The maximum absolute atomic E-state index is 13.1.